The van der Waals surface area contributed by atoms with Gasteiger partial charge in [0, 0.05) is 19.2 Å². The number of fused-ring (bicyclic) bond motifs is 1. The van der Waals surface area contributed by atoms with Gasteiger partial charge < -0.3 is 15.0 Å². The molecular weight excluding hydrogens is 286 g/mol. The second kappa shape index (κ2) is 6.01. The van der Waals surface area contributed by atoms with Crippen molar-refractivity contribution < 1.29 is 4.74 Å². The summed E-state index contributed by atoms with van der Waals surface area (Å²) < 4.78 is 5.49. The molecule has 0 radical (unpaired) electrons. The number of ether oxygens (including phenoxy) is 1. The Hall–Kier alpha value is -2.28. The number of anilines is 1. The van der Waals surface area contributed by atoms with Crippen LogP contribution in [0.3, 0.4) is 0 Å². The summed E-state index contributed by atoms with van der Waals surface area (Å²) in [5.74, 6) is 1.62. The van der Waals surface area contributed by atoms with Crippen molar-refractivity contribution in [3.8, 4) is 5.75 Å². The number of rotatable bonds is 5. The van der Waals surface area contributed by atoms with Crippen molar-refractivity contribution in [1.29, 1.82) is 0 Å². The van der Waals surface area contributed by atoms with Crippen LogP contribution in [0.5, 0.6) is 5.75 Å². The van der Waals surface area contributed by atoms with E-state index in [0.29, 0.717) is 6.61 Å². The number of hydrogen-bond acceptors (Lipinski definition) is 6. The van der Waals surface area contributed by atoms with E-state index in [1.54, 1.807) is 0 Å². The minimum absolute atomic E-state index is 0.648. The van der Waals surface area contributed by atoms with Crippen LogP contribution in [0.1, 0.15) is 6.92 Å². The topological polar surface area (TPSA) is 75.7 Å². The molecule has 108 valence electrons. The van der Waals surface area contributed by atoms with Gasteiger partial charge in [0.1, 0.15) is 22.9 Å². The molecule has 0 saturated heterocycles. The van der Waals surface area contributed by atoms with E-state index < -0.39 is 0 Å². The van der Waals surface area contributed by atoms with Crippen molar-refractivity contribution in [1.82, 2.24) is 19.9 Å². The second-order valence-electron chi connectivity index (χ2n) is 4.25. The number of imidazole rings is 1. The lowest BCUT2D eigenvalue weighted by Crippen LogP contribution is -1.93. The Labute approximate surface area is 126 Å². The van der Waals surface area contributed by atoms with Crippen LogP contribution >= 0.6 is 11.8 Å². The minimum atomic E-state index is 0.648. The summed E-state index contributed by atoms with van der Waals surface area (Å²) in [6, 6.07) is 7.70. The number of hydrogen-bond donors (Lipinski definition) is 2. The third-order valence-electron chi connectivity index (χ3n) is 2.84. The zero-order valence-electron chi connectivity index (χ0n) is 11.8. The van der Waals surface area contributed by atoms with Gasteiger partial charge in [-0.15, -0.1) is 0 Å². The van der Waals surface area contributed by atoms with Crippen molar-refractivity contribution in [3.63, 3.8) is 0 Å². The molecule has 2 heterocycles. The standard InChI is InChI=1S/C14H15N5OS/c1-3-20-9-4-5-10-11(6-9)19-14(18-10)21-13-7-12(15-2)16-8-17-13/h4-8H,3H2,1-2H3,(H,18,19)(H,15,16,17). The SMILES string of the molecule is CCOc1ccc2nc(Sc3cc(NC)ncn3)[nH]c2c1. The number of H-pyrrole nitrogens is 1. The van der Waals surface area contributed by atoms with Crippen molar-refractivity contribution in [3.05, 3.63) is 30.6 Å². The fourth-order valence-electron chi connectivity index (χ4n) is 1.90. The van der Waals surface area contributed by atoms with Crippen LogP contribution in [0.4, 0.5) is 5.82 Å². The molecule has 0 aliphatic carbocycles. The highest BCUT2D eigenvalue weighted by molar-refractivity contribution is 7.99. The zero-order chi connectivity index (χ0) is 14.7. The highest BCUT2D eigenvalue weighted by Crippen LogP contribution is 2.28. The lowest BCUT2D eigenvalue weighted by Gasteiger charge is -2.01. The van der Waals surface area contributed by atoms with E-state index in [9.17, 15) is 0 Å². The lowest BCUT2D eigenvalue weighted by atomic mass is 10.3. The Kier molecular flexibility index (Phi) is 3.92. The Bertz CT molecular complexity index is 758. The Morgan fingerprint density at radius 3 is 3.00 bits per heavy atom. The number of benzene rings is 1. The number of nitrogens with zero attached hydrogens (tertiary/aromatic N) is 3. The Morgan fingerprint density at radius 2 is 2.19 bits per heavy atom. The molecule has 3 rings (SSSR count). The molecule has 0 unspecified atom stereocenters. The third-order valence-corrected chi connectivity index (χ3v) is 3.66. The molecule has 7 heteroatoms. The fourth-order valence-corrected chi connectivity index (χ4v) is 2.67. The summed E-state index contributed by atoms with van der Waals surface area (Å²) in [5, 5.41) is 4.61. The van der Waals surface area contributed by atoms with Gasteiger partial charge in [0.15, 0.2) is 5.16 Å². The summed E-state index contributed by atoms with van der Waals surface area (Å²) in [6.45, 7) is 2.61. The summed E-state index contributed by atoms with van der Waals surface area (Å²) in [4.78, 5) is 16.1. The predicted molar refractivity (Wildman–Crippen MR) is 83.0 cm³/mol. The van der Waals surface area contributed by atoms with Crippen LogP contribution in [-0.2, 0) is 0 Å². The van der Waals surface area contributed by atoms with Gasteiger partial charge >= 0.3 is 0 Å². The highest BCUT2D eigenvalue weighted by Gasteiger charge is 2.07. The van der Waals surface area contributed by atoms with Crippen LogP contribution in [0.2, 0.25) is 0 Å². The van der Waals surface area contributed by atoms with Gasteiger partial charge in [-0.2, -0.15) is 0 Å². The molecular formula is C14H15N5OS. The van der Waals surface area contributed by atoms with Crippen molar-refractivity contribution in [2.24, 2.45) is 0 Å². The lowest BCUT2D eigenvalue weighted by molar-refractivity contribution is 0.340. The molecule has 0 saturated carbocycles. The van der Waals surface area contributed by atoms with E-state index in [1.165, 1.54) is 18.1 Å². The van der Waals surface area contributed by atoms with Crippen molar-refractivity contribution in [2.45, 2.75) is 17.1 Å². The van der Waals surface area contributed by atoms with E-state index in [2.05, 4.69) is 25.3 Å². The van der Waals surface area contributed by atoms with E-state index in [-0.39, 0.29) is 0 Å². The van der Waals surface area contributed by atoms with Gasteiger partial charge in [-0.1, -0.05) is 0 Å². The highest BCUT2D eigenvalue weighted by atomic mass is 32.2. The molecule has 0 fully saturated rings. The largest absolute Gasteiger partial charge is 0.494 e. The Morgan fingerprint density at radius 1 is 1.29 bits per heavy atom. The first-order chi connectivity index (χ1) is 10.3. The summed E-state index contributed by atoms with van der Waals surface area (Å²) in [5.41, 5.74) is 1.86. The van der Waals surface area contributed by atoms with E-state index in [1.807, 2.05) is 38.2 Å². The van der Waals surface area contributed by atoms with Gasteiger partial charge in [-0.3, -0.25) is 0 Å². The molecule has 0 amide bonds. The quantitative estimate of drug-likeness (QED) is 0.706. The maximum Gasteiger partial charge on any atom is 0.172 e. The van der Waals surface area contributed by atoms with Gasteiger partial charge in [-0.05, 0) is 30.8 Å². The van der Waals surface area contributed by atoms with Crippen LogP contribution in [0.25, 0.3) is 11.0 Å². The Balaban J connectivity index is 1.86. The average Bonchev–Trinajstić information content (AvgIpc) is 2.89. The smallest absolute Gasteiger partial charge is 0.172 e. The van der Waals surface area contributed by atoms with Crippen LogP contribution in [-0.4, -0.2) is 33.6 Å². The molecule has 6 nitrogen and oxygen atoms in total. The van der Waals surface area contributed by atoms with Gasteiger partial charge in [0.25, 0.3) is 0 Å². The molecule has 1 aromatic carbocycles. The third kappa shape index (κ3) is 3.08. The first-order valence-corrected chi connectivity index (χ1v) is 7.40. The second-order valence-corrected chi connectivity index (χ2v) is 5.26. The van der Waals surface area contributed by atoms with Crippen molar-refractivity contribution >= 4 is 28.6 Å². The molecule has 0 spiro atoms. The monoisotopic (exact) mass is 301 g/mol. The predicted octanol–water partition coefficient (Wildman–Crippen LogP) is 2.94. The van der Waals surface area contributed by atoms with E-state index >= 15 is 0 Å². The maximum absolute atomic E-state index is 5.49. The number of aromatic amines is 1. The molecule has 0 atom stereocenters. The van der Waals surface area contributed by atoms with E-state index in [0.717, 1.165) is 32.8 Å². The maximum atomic E-state index is 5.49. The minimum Gasteiger partial charge on any atom is -0.494 e. The van der Waals surface area contributed by atoms with Gasteiger partial charge in [0.05, 0.1) is 17.6 Å². The first-order valence-electron chi connectivity index (χ1n) is 6.58. The summed E-state index contributed by atoms with van der Waals surface area (Å²) in [6.07, 6.45) is 1.53. The molecule has 0 aliphatic rings. The van der Waals surface area contributed by atoms with E-state index in [4.69, 9.17) is 4.74 Å². The molecule has 2 aromatic heterocycles. The molecule has 0 bridgehead atoms. The number of aromatic nitrogens is 4. The van der Waals surface area contributed by atoms with Gasteiger partial charge in [0.2, 0.25) is 0 Å². The van der Waals surface area contributed by atoms with Crippen LogP contribution < -0.4 is 10.1 Å². The molecule has 21 heavy (non-hydrogen) atoms. The number of nitrogens with one attached hydrogen (secondary N) is 2. The zero-order valence-corrected chi connectivity index (χ0v) is 12.6. The fraction of sp³-hybridized carbons (Fsp3) is 0.214. The summed E-state index contributed by atoms with van der Waals surface area (Å²) in [7, 11) is 1.83. The molecule has 3 aromatic rings. The first kappa shape index (κ1) is 13.7. The average molecular weight is 301 g/mol. The van der Waals surface area contributed by atoms with Gasteiger partial charge in [-0.25, -0.2) is 15.0 Å². The van der Waals surface area contributed by atoms with Crippen molar-refractivity contribution in [2.75, 3.05) is 19.0 Å². The molecule has 0 aliphatic heterocycles. The molecule has 2 N–H and O–H groups in total. The normalized spacial score (nSPS) is 10.8. The van der Waals surface area contributed by atoms with Crippen LogP contribution in [0, 0.1) is 0 Å². The van der Waals surface area contributed by atoms with Crippen LogP contribution in [0.15, 0.2) is 40.8 Å². The summed E-state index contributed by atoms with van der Waals surface area (Å²) >= 11 is 1.46.